The Balaban J connectivity index is 0.000000211. The van der Waals surface area contributed by atoms with E-state index in [9.17, 15) is 9.59 Å². The quantitative estimate of drug-likeness (QED) is 0.686. The van der Waals surface area contributed by atoms with Gasteiger partial charge in [0, 0.05) is 0 Å². The molecule has 5 heteroatoms. The van der Waals surface area contributed by atoms with Gasteiger partial charge in [-0.25, -0.2) is 0 Å². The Morgan fingerprint density at radius 1 is 1.08 bits per heavy atom. The van der Waals surface area contributed by atoms with E-state index >= 15 is 0 Å². The molecule has 4 nitrogen and oxygen atoms in total. The predicted molar refractivity (Wildman–Crippen MR) is 44.2 cm³/mol. The van der Waals surface area contributed by atoms with E-state index in [1.54, 1.807) is 11.3 Å². The third-order valence-corrected chi connectivity index (χ3v) is 1.36. The molecule has 1 heterocycles. The first-order valence-corrected chi connectivity index (χ1v) is 3.98. The maximum absolute atomic E-state index is 9.43. The van der Waals surface area contributed by atoms with Gasteiger partial charge in [-0.2, -0.15) is 11.3 Å². The van der Waals surface area contributed by atoms with E-state index in [1.165, 1.54) is 0 Å². The molecule has 0 radical (unpaired) electrons. The summed E-state index contributed by atoms with van der Waals surface area (Å²) >= 11 is 1.71. The Labute approximate surface area is 73.1 Å². The molecule has 0 aliphatic carbocycles. The lowest BCUT2D eigenvalue weighted by molar-refractivity contribution is -0.147. The fraction of sp³-hybridized carbons (Fsp3) is 0.143. The molecule has 1 rings (SSSR count). The van der Waals surface area contributed by atoms with E-state index in [-0.39, 0.29) is 0 Å². The van der Waals surface area contributed by atoms with Crippen molar-refractivity contribution in [1.82, 2.24) is 0 Å². The molecule has 0 amide bonds. The van der Waals surface area contributed by atoms with Gasteiger partial charge < -0.3 is 10.2 Å². The average molecular weight is 188 g/mol. The molecular weight excluding hydrogens is 180 g/mol. The molecule has 1 aromatic heterocycles. The Hall–Kier alpha value is -1.36. The molecular formula is C7H8O4S. The van der Waals surface area contributed by atoms with Crippen LogP contribution in [0.3, 0.4) is 0 Å². The summed E-state index contributed by atoms with van der Waals surface area (Å²) < 4.78 is 0. The van der Waals surface area contributed by atoms with Gasteiger partial charge in [-0.05, 0) is 10.8 Å². The zero-order valence-electron chi connectivity index (χ0n) is 6.14. The van der Waals surface area contributed by atoms with Gasteiger partial charge in [0.05, 0.1) is 0 Å². The molecule has 0 aliphatic rings. The van der Waals surface area contributed by atoms with Crippen LogP contribution in [0.25, 0.3) is 0 Å². The molecule has 0 atom stereocenters. The lowest BCUT2D eigenvalue weighted by Crippen LogP contribution is -2.03. The normalized spacial score (nSPS) is 8.00. The minimum Gasteiger partial charge on any atom is -0.481 e. The van der Waals surface area contributed by atoms with Gasteiger partial charge >= 0.3 is 11.9 Å². The van der Waals surface area contributed by atoms with Gasteiger partial charge in [0.25, 0.3) is 0 Å². The average Bonchev–Trinajstić information content (AvgIpc) is 2.36. The third-order valence-electron chi connectivity index (χ3n) is 0.728. The van der Waals surface area contributed by atoms with Crippen molar-refractivity contribution in [3.05, 3.63) is 22.9 Å². The SMILES string of the molecule is O=C(O)CC(=O)O.c1ccsc1. The molecule has 12 heavy (non-hydrogen) atoms. The second-order valence-corrected chi connectivity index (χ2v) is 2.57. The molecule has 0 bridgehead atoms. The van der Waals surface area contributed by atoms with E-state index in [2.05, 4.69) is 0 Å². The van der Waals surface area contributed by atoms with Gasteiger partial charge in [-0.3, -0.25) is 9.59 Å². The summed E-state index contributed by atoms with van der Waals surface area (Å²) in [6.07, 6.45) is -0.806. The molecule has 0 unspecified atom stereocenters. The predicted octanol–water partition coefficient (Wildman–Crippen LogP) is 1.29. The van der Waals surface area contributed by atoms with Crippen molar-refractivity contribution in [1.29, 1.82) is 0 Å². The largest absolute Gasteiger partial charge is 0.481 e. The van der Waals surface area contributed by atoms with Crippen molar-refractivity contribution in [2.75, 3.05) is 0 Å². The first kappa shape index (κ1) is 10.6. The van der Waals surface area contributed by atoms with Crippen LogP contribution in [0.4, 0.5) is 0 Å². The lowest BCUT2D eigenvalue weighted by atomic mass is 10.5. The number of thiophene rings is 1. The number of rotatable bonds is 2. The zero-order chi connectivity index (χ0) is 9.40. The first-order valence-electron chi connectivity index (χ1n) is 3.03. The molecule has 1 aromatic rings. The summed E-state index contributed by atoms with van der Waals surface area (Å²) in [5, 5.41) is 19.5. The second kappa shape index (κ2) is 6.36. The highest BCUT2D eigenvalue weighted by Crippen LogP contribution is 1.91. The van der Waals surface area contributed by atoms with Crippen molar-refractivity contribution >= 4 is 23.3 Å². The lowest BCUT2D eigenvalue weighted by Gasteiger charge is -1.80. The van der Waals surface area contributed by atoms with Crippen LogP contribution >= 0.6 is 11.3 Å². The molecule has 0 fully saturated rings. The molecule has 0 saturated heterocycles. The minimum atomic E-state index is -1.31. The molecule has 0 spiro atoms. The molecule has 66 valence electrons. The van der Waals surface area contributed by atoms with E-state index in [0.717, 1.165) is 0 Å². The van der Waals surface area contributed by atoms with Crippen LogP contribution in [-0.4, -0.2) is 22.2 Å². The van der Waals surface area contributed by atoms with Crippen LogP contribution in [-0.2, 0) is 9.59 Å². The molecule has 0 aliphatic heterocycles. The Morgan fingerprint density at radius 3 is 1.58 bits per heavy atom. The Morgan fingerprint density at radius 2 is 1.50 bits per heavy atom. The highest BCUT2D eigenvalue weighted by Gasteiger charge is 2.01. The monoisotopic (exact) mass is 188 g/mol. The summed E-state index contributed by atoms with van der Waals surface area (Å²) in [5.74, 6) is -2.62. The number of carbonyl (C=O) groups is 2. The van der Waals surface area contributed by atoms with Gasteiger partial charge in [-0.15, -0.1) is 0 Å². The van der Waals surface area contributed by atoms with Crippen molar-refractivity contribution in [3.8, 4) is 0 Å². The fourth-order valence-electron chi connectivity index (χ4n) is 0.356. The van der Waals surface area contributed by atoms with E-state index in [1.807, 2.05) is 22.9 Å². The van der Waals surface area contributed by atoms with Crippen LogP contribution in [0.1, 0.15) is 6.42 Å². The maximum Gasteiger partial charge on any atom is 0.314 e. The summed E-state index contributed by atoms with van der Waals surface area (Å²) in [4.78, 5) is 18.9. The second-order valence-electron chi connectivity index (χ2n) is 1.76. The maximum atomic E-state index is 9.43. The minimum absolute atomic E-state index is 0.806. The number of carboxylic acids is 2. The Bertz CT molecular complexity index is 200. The molecule has 0 saturated carbocycles. The van der Waals surface area contributed by atoms with Crippen molar-refractivity contribution in [2.45, 2.75) is 6.42 Å². The van der Waals surface area contributed by atoms with Crippen molar-refractivity contribution in [2.24, 2.45) is 0 Å². The van der Waals surface area contributed by atoms with E-state index in [0.29, 0.717) is 0 Å². The summed E-state index contributed by atoms with van der Waals surface area (Å²) in [5.41, 5.74) is 0. The van der Waals surface area contributed by atoms with Crippen LogP contribution in [0.15, 0.2) is 22.9 Å². The number of hydrogen-bond acceptors (Lipinski definition) is 3. The molecule has 0 aromatic carbocycles. The number of carboxylic acid groups (broad SMARTS) is 2. The van der Waals surface area contributed by atoms with Gasteiger partial charge in [0.15, 0.2) is 0 Å². The topological polar surface area (TPSA) is 74.6 Å². The van der Waals surface area contributed by atoms with Gasteiger partial charge in [-0.1, -0.05) is 12.1 Å². The third kappa shape index (κ3) is 8.64. The van der Waals surface area contributed by atoms with Crippen LogP contribution in [0, 0.1) is 0 Å². The highest BCUT2D eigenvalue weighted by molar-refractivity contribution is 7.07. The number of aliphatic carboxylic acids is 2. The van der Waals surface area contributed by atoms with Crippen LogP contribution < -0.4 is 0 Å². The standard InChI is InChI=1S/C4H4S.C3H4O4/c1-2-4-5-3-1;4-2(5)1-3(6)7/h1-4H;1H2,(H,4,5)(H,6,7). The van der Waals surface area contributed by atoms with Crippen molar-refractivity contribution < 1.29 is 19.8 Å². The zero-order valence-corrected chi connectivity index (χ0v) is 6.95. The molecule has 2 N–H and O–H groups in total. The van der Waals surface area contributed by atoms with Gasteiger partial charge in [0.2, 0.25) is 0 Å². The van der Waals surface area contributed by atoms with Gasteiger partial charge in [0.1, 0.15) is 6.42 Å². The van der Waals surface area contributed by atoms with Crippen LogP contribution in [0.5, 0.6) is 0 Å². The fourth-order valence-corrected chi connectivity index (χ4v) is 0.810. The summed E-state index contributed by atoms with van der Waals surface area (Å²) in [7, 11) is 0. The smallest absolute Gasteiger partial charge is 0.314 e. The summed E-state index contributed by atoms with van der Waals surface area (Å²) in [6, 6.07) is 4.04. The Kier molecular flexibility index (Phi) is 5.64. The number of hydrogen-bond donors (Lipinski definition) is 2. The summed E-state index contributed by atoms with van der Waals surface area (Å²) in [6.45, 7) is 0. The highest BCUT2D eigenvalue weighted by atomic mass is 32.1. The van der Waals surface area contributed by atoms with E-state index < -0.39 is 18.4 Å². The van der Waals surface area contributed by atoms with Crippen molar-refractivity contribution in [3.63, 3.8) is 0 Å². The first-order chi connectivity index (χ1) is 5.63. The van der Waals surface area contributed by atoms with Crippen LogP contribution in [0.2, 0.25) is 0 Å². The van der Waals surface area contributed by atoms with E-state index in [4.69, 9.17) is 10.2 Å².